The van der Waals surface area contributed by atoms with Crippen molar-refractivity contribution in [1.29, 1.82) is 0 Å². The second-order valence-corrected chi connectivity index (χ2v) is 7.08. The first kappa shape index (κ1) is 16.7. The standard InChI is InChI=1S/C13H17N3O4S2/c1-20-12(17)10-6-4-8-16(10)22(18,19)11-7-3-2-5-9(11)15-13(14)21/h2-3,5,7,10H,4,6,8H2,1H3,(H3,14,15,21). The lowest BCUT2D eigenvalue weighted by Crippen LogP contribution is -2.41. The van der Waals surface area contributed by atoms with Crippen molar-refractivity contribution in [3.8, 4) is 0 Å². The van der Waals surface area contributed by atoms with E-state index in [9.17, 15) is 13.2 Å². The largest absolute Gasteiger partial charge is 0.468 e. The van der Waals surface area contributed by atoms with Gasteiger partial charge in [-0.2, -0.15) is 4.31 Å². The van der Waals surface area contributed by atoms with Gasteiger partial charge in [-0.25, -0.2) is 8.42 Å². The predicted octanol–water partition coefficient (Wildman–Crippen LogP) is 0.668. The molecule has 0 spiro atoms. The molecule has 0 amide bonds. The van der Waals surface area contributed by atoms with Crippen molar-refractivity contribution in [3.63, 3.8) is 0 Å². The molecule has 0 aliphatic carbocycles. The van der Waals surface area contributed by atoms with Gasteiger partial charge in [0.05, 0.1) is 12.8 Å². The maximum Gasteiger partial charge on any atom is 0.324 e. The highest BCUT2D eigenvalue weighted by Crippen LogP contribution is 2.30. The Labute approximate surface area is 134 Å². The molecule has 1 saturated heterocycles. The van der Waals surface area contributed by atoms with E-state index in [1.807, 2.05) is 0 Å². The number of nitrogens with zero attached hydrogens (tertiary/aromatic N) is 1. The third-order valence-electron chi connectivity index (χ3n) is 3.41. The molecule has 9 heteroatoms. The van der Waals surface area contributed by atoms with Gasteiger partial charge in [0.15, 0.2) is 5.11 Å². The second-order valence-electron chi connectivity index (χ2n) is 4.78. The summed E-state index contributed by atoms with van der Waals surface area (Å²) in [6.07, 6.45) is 1.04. The van der Waals surface area contributed by atoms with E-state index in [0.29, 0.717) is 12.8 Å². The Hall–Kier alpha value is -1.71. The summed E-state index contributed by atoms with van der Waals surface area (Å²) >= 11 is 4.76. The van der Waals surface area contributed by atoms with Crippen molar-refractivity contribution in [2.24, 2.45) is 5.73 Å². The summed E-state index contributed by atoms with van der Waals surface area (Å²) in [5.41, 5.74) is 5.71. The van der Waals surface area contributed by atoms with Crippen molar-refractivity contribution < 1.29 is 17.9 Å². The molecule has 1 aromatic rings. The molecular formula is C13H17N3O4S2. The van der Waals surface area contributed by atoms with Crippen LogP contribution < -0.4 is 11.1 Å². The third-order valence-corrected chi connectivity index (χ3v) is 5.48. The molecule has 2 rings (SSSR count). The van der Waals surface area contributed by atoms with E-state index in [1.54, 1.807) is 18.2 Å². The fraction of sp³-hybridized carbons (Fsp3) is 0.385. The van der Waals surface area contributed by atoms with Crippen molar-refractivity contribution in [3.05, 3.63) is 24.3 Å². The number of nitrogens with two attached hydrogens (primary N) is 1. The van der Waals surface area contributed by atoms with Gasteiger partial charge in [0.1, 0.15) is 10.9 Å². The highest BCUT2D eigenvalue weighted by Gasteiger charge is 2.40. The van der Waals surface area contributed by atoms with Crippen LogP contribution in [0.15, 0.2) is 29.2 Å². The minimum absolute atomic E-state index is 0.0265. The molecule has 1 aromatic carbocycles. The number of anilines is 1. The van der Waals surface area contributed by atoms with Gasteiger partial charge in [0, 0.05) is 6.54 Å². The molecule has 1 atom stereocenters. The lowest BCUT2D eigenvalue weighted by molar-refractivity contribution is -0.144. The summed E-state index contributed by atoms with van der Waals surface area (Å²) in [5.74, 6) is -0.555. The van der Waals surface area contributed by atoms with Crippen LogP contribution >= 0.6 is 12.2 Å². The zero-order valence-corrected chi connectivity index (χ0v) is 13.6. The van der Waals surface area contributed by atoms with Gasteiger partial charge in [0.25, 0.3) is 0 Å². The van der Waals surface area contributed by atoms with Crippen molar-refractivity contribution in [2.45, 2.75) is 23.8 Å². The van der Waals surface area contributed by atoms with Gasteiger partial charge in [-0.05, 0) is 37.2 Å². The Kier molecular flexibility index (Phi) is 4.99. The van der Waals surface area contributed by atoms with Crippen molar-refractivity contribution in [1.82, 2.24) is 4.31 Å². The van der Waals surface area contributed by atoms with E-state index in [2.05, 4.69) is 10.1 Å². The lowest BCUT2D eigenvalue weighted by Gasteiger charge is -2.23. The van der Waals surface area contributed by atoms with Crippen LogP contribution in [0.25, 0.3) is 0 Å². The van der Waals surface area contributed by atoms with E-state index in [4.69, 9.17) is 18.0 Å². The van der Waals surface area contributed by atoms with Gasteiger partial charge in [-0.3, -0.25) is 4.79 Å². The average Bonchev–Trinajstić information content (AvgIpc) is 2.96. The van der Waals surface area contributed by atoms with Crippen LogP contribution in [0, 0.1) is 0 Å². The zero-order chi connectivity index (χ0) is 16.3. The topological polar surface area (TPSA) is 102 Å². The third kappa shape index (κ3) is 3.21. The van der Waals surface area contributed by atoms with Crippen molar-refractivity contribution in [2.75, 3.05) is 19.0 Å². The molecule has 22 heavy (non-hydrogen) atoms. The number of hydrogen-bond acceptors (Lipinski definition) is 5. The highest BCUT2D eigenvalue weighted by molar-refractivity contribution is 7.89. The molecule has 1 heterocycles. The monoisotopic (exact) mass is 343 g/mol. The summed E-state index contributed by atoms with van der Waals surface area (Å²) in [6.45, 7) is 0.267. The molecule has 1 unspecified atom stereocenters. The van der Waals surface area contributed by atoms with Crippen LogP contribution in [0.3, 0.4) is 0 Å². The van der Waals surface area contributed by atoms with Crippen LogP contribution in [0.2, 0.25) is 0 Å². The van der Waals surface area contributed by atoms with E-state index in [1.165, 1.54) is 17.5 Å². The summed E-state index contributed by atoms with van der Waals surface area (Å²) in [7, 11) is -2.62. The molecule has 0 bridgehead atoms. The van der Waals surface area contributed by atoms with Crippen LogP contribution in [0.1, 0.15) is 12.8 Å². The number of methoxy groups -OCH3 is 1. The highest BCUT2D eigenvalue weighted by atomic mass is 32.2. The Morgan fingerprint density at radius 1 is 1.45 bits per heavy atom. The van der Waals surface area contributed by atoms with E-state index in [-0.39, 0.29) is 22.2 Å². The van der Waals surface area contributed by atoms with Gasteiger partial charge in [-0.1, -0.05) is 12.1 Å². The van der Waals surface area contributed by atoms with Gasteiger partial charge in [-0.15, -0.1) is 0 Å². The Bertz CT molecular complexity index is 690. The Morgan fingerprint density at radius 2 is 2.14 bits per heavy atom. The second kappa shape index (κ2) is 6.59. The number of hydrogen-bond donors (Lipinski definition) is 2. The van der Waals surface area contributed by atoms with Gasteiger partial charge < -0.3 is 15.8 Å². The number of benzene rings is 1. The number of ether oxygens (including phenoxy) is 1. The minimum atomic E-state index is -3.86. The Morgan fingerprint density at radius 3 is 2.77 bits per heavy atom. The minimum Gasteiger partial charge on any atom is -0.468 e. The van der Waals surface area contributed by atoms with E-state index >= 15 is 0 Å². The smallest absolute Gasteiger partial charge is 0.324 e. The van der Waals surface area contributed by atoms with Crippen LogP contribution in [0.5, 0.6) is 0 Å². The zero-order valence-electron chi connectivity index (χ0n) is 12.0. The summed E-state index contributed by atoms with van der Waals surface area (Å²) in [4.78, 5) is 11.8. The normalized spacial score (nSPS) is 18.9. The number of nitrogens with one attached hydrogen (secondary N) is 1. The van der Waals surface area contributed by atoms with E-state index in [0.717, 1.165) is 0 Å². The quantitative estimate of drug-likeness (QED) is 0.612. The predicted molar refractivity (Wildman–Crippen MR) is 85.8 cm³/mol. The molecule has 0 radical (unpaired) electrons. The molecule has 3 N–H and O–H groups in total. The number of carbonyl (C=O) groups is 1. The number of carbonyl (C=O) groups excluding carboxylic acids is 1. The average molecular weight is 343 g/mol. The molecule has 0 aromatic heterocycles. The molecule has 1 fully saturated rings. The maximum atomic E-state index is 12.9. The molecular weight excluding hydrogens is 326 g/mol. The summed E-state index contributed by atoms with van der Waals surface area (Å²) in [5, 5.41) is 2.61. The number of esters is 1. The Balaban J connectivity index is 2.42. The van der Waals surface area contributed by atoms with Gasteiger partial charge >= 0.3 is 5.97 Å². The molecule has 0 saturated carbocycles. The fourth-order valence-electron chi connectivity index (χ4n) is 2.45. The number of thiocarbonyl (C=S) groups is 1. The molecule has 7 nitrogen and oxygen atoms in total. The lowest BCUT2D eigenvalue weighted by atomic mass is 10.2. The summed E-state index contributed by atoms with van der Waals surface area (Å²) < 4.78 is 31.6. The first-order chi connectivity index (χ1) is 10.4. The summed E-state index contributed by atoms with van der Waals surface area (Å²) in [6, 6.07) is 5.48. The van der Waals surface area contributed by atoms with Crippen LogP contribution in [0.4, 0.5) is 5.69 Å². The van der Waals surface area contributed by atoms with Crippen molar-refractivity contribution >= 4 is 39.0 Å². The number of para-hydroxylation sites is 1. The van der Waals surface area contributed by atoms with E-state index < -0.39 is 22.0 Å². The maximum absolute atomic E-state index is 12.9. The fourth-order valence-corrected chi connectivity index (χ4v) is 4.36. The SMILES string of the molecule is COC(=O)C1CCCN1S(=O)(=O)c1ccccc1NC(N)=S. The van der Waals surface area contributed by atoms with Crippen LogP contribution in [-0.2, 0) is 19.6 Å². The molecule has 1 aliphatic rings. The van der Waals surface area contributed by atoms with Gasteiger partial charge in [0.2, 0.25) is 10.0 Å². The first-order valence-corrected chi connectivity index (χ1v) is 8.48. The first-order valence-electron chi connectivity index (χ1n) is 6.63. The van der Waals surface area contributed by atoms with Crippen LogP contribution in [-0.4, -0.2) is 43.5 Å². The molecule has 1 aliphatic heterocycles. The molecule has 120 valence electrons. The number of sulfonamides is 1. The number of rotatable bonds is 4.